The molecule has 0 spiro atoms. The molecule has 1 aliphatic heterocycles. The molecule has 132 valence electrons. The zero-order valence-corrected chi connectivity index (χ0v) is 14.5. The SMILES string of the molecule is CNCCNC(=O)c1ccc(N2CC(C)CC(C)C2)c([N+](=O)[O-])c1. The number of nitrogens with zero attached hydrogens (tertiary/aromatic N) is 2. The number of piperidine rings is 1. The van der Waals surface area contributed by atoms with Crippen LogP contribution in [0.2, 0.25) is 0 Å². The summed E-state index contributed by atoms with van der Waals surface area (Å²) >= 11 is 0. The number of benzene rings is 1. The van der Waals surface area contributed by atoms with E-state index in [4.69, 9.17) is 0 Å². The average molecular weight is 334 g/mol. The number of carbonyl (C=O) groups is 1. The lowest BCUT2D eigenvalue weighted by molar-refractivity contribution is -0.384. The van der Waals surface area contributed by atoms with E-state index in [1.807, 2.05) is 0 Å². The van der Waals surface area contributed by atoms with Crippen molar-refractivity contribution in [3.05, 3.63) is 33.9 Å². The number of hydrogen-bond donors (Lipinski definition) is 2. The van der Waals surface area contributed by atoms with Gasteiger partial charge < -0.3 is 15.5 Å². The van der Waals surface area contributed by atoms with Crippen LogP contribution in [0.15, 0.2) is 18.2 Å². The minimum Gasteiger partial charge on any atom is -0.365 e. The molecule has 7 heteroatoms. The Bertz CT molecular complexity index is 595. The molecule has 0 radical (unpaired) electrons. The summed E-state index contributed by atoms with van der Waals surface area (Å²) < 4.78 is 0. The van der Waals surface area contributed by atoms with E-state index in [-0.39, 0.29) is 11.6 Å². The Hall–Kier alpha value is -2.15. The number of anilines is 1. The molecule has 1 aromatic carbocycles. The van der Waals surface area contributed by atoms with Gasteiger partial charge in [0.05, 0.1) is 4.92 Å². The fourth-order valence-electron chi connectivity index (χ4n) is 3.34. The van der Waals surface area contributed by atoms with Crippen molar-refractivity contribution >= 4 is 17.3 Å². The molecular formula is C17H26N4O3. The molecule has 0 bridgehead atoms. The van der Waals surface area contributed by atoms with Gasteiger partial charge in [-0.05, 0) is 37.4 Å². The van der Waals surface area contributed by atoms with Gasteiger partial charge in [-0.2, -0.15) is 0 Å². The molecule has 2 N–H and O–H groups in total. The van der Waals surface area contributed by atoms with Crippen molar-refractivity contribution < 1.29 is 9.72 Å². The van der Waals surface area contributed by atoms with Crippen molar-refractivity contribution in [3.8, 4) is 0 Å². The zero-order valence-electron chi connectivity index (χ0n) is 14.5. The first-order valence-corrected chi connectivity index (χ1v) is 8.38. The van der Waals surface area contributed by atoms with Crippen LogP contribution in [0.4, 0.5) is 11.4 Å². The van der Waals surface area contributed by atoms with Crippen molar-refractivity contribution in [2.75, 3.05) is 38.1 Å². The normalized spacial score (nSPS) is 20.7. The van der Waals surface area contributed by atoms with Gasteiger partial charge in [0.15, 0.2) is 0 Å². The van der Waals surface area contributed by atoms with Gasteiger partial charge in [0.25, 0.3) is 11.6 Å². The fraction of sp³-hybridized carbons (Fsp3) is 0.588. The molecule has 0 aliphatic carbocycles. The van der Waals surface area contributed by atoms with E-state index in [1.54, 1.807) is 19.2 Å². The number of nitro groups is 1. The van der Waals surface area contributed by atoms with Crippen molar-refractivity contribution in [1.29, 1.82) is 0 Å². The predicted molar refractivity (Wildman–Crippen MR) is 94.5 cm³/mol. The highest BCUT2D eigenvalue weighted by Gasteiger charge is 2.27. The van der Waals surface area contributed by atoms with Gasteiger partial charge in [-0.1, -0.05) is 13.8 Å². The average Bonchev–Trinajstić information content (AvgIpc) is 2.53. The number of likely N-dealkylation sites (N-methyl/N-ethyl adjacent to an activating group) is 1. The molecule has 1 aliphatic rings. The number of hydrogen-bond acceptors (Lipinski definition) is 5. The molecule has 2 unspecified atom stereocenters. The first kappa shape index (κ1) is 18.2. The molecule has 0 saturated carbocycles. The summed E-state index contributed by atoms with van der Waals surface area (Å²) in [6, 6.07) is 4.75. The van der Waals surface area contributed by atoms with E-state index in [9.17, 15) is 14.9 Å². The summed E-state index contributed by atoms with van der Waals surface area (Å²) in [5.41, 5.74) is 0.919. The van der Waals surface area contributed by atoms with E-state index >= 15 is 0 Å². The Morgan fingerprint density at radius 3 is 2.54 bits per heavy atom. The van der Waals surface area contributed by atoms with E-state index in [0.29, 0.717) is 36.2 Å². The lowest BCUT2D eigenvalue weighted by atomic mass is 9.91. The number of amides is 1. The summed E-state index contributed by atoms with van der Waals surface area (Å²) in [5.74, 6) is 0.705. The zero-order chi connectivity index (χ0) is 17.7. The monoisotopic (exact) mass is 334 g/mol. The Balaban J connectivity index is 2.23. The summed E-state index contributed by atoms with van der Waals surface area (Å²) in [4.78, 5) is 25.3. The molecule has 1 aromatic rings. The maximum Gasteiger partial charge on any atom is 0.293 e. The number of rotatable bonds is 6. The Morgan fingerprint density at radius 2 is 1.96 bits per heavy atom. The molecule has 0 aromatic heterocycles. The molecule has 24 heavy (non-hydrogen) atoms. The van der Waals surface area contributed by atoms with Gasteiger partial charge in [0.1, 0.15) is 5.69 Å². The van der Waals surface area contributed by atoms with E-state index in [2.05, 4.69) is 29.4 Å². The van der Waals surface area contributed by atoms with Crippen LogP contribution in [0.25, 0.3) is 0 Å². The highest BCUT2D eigenvalue weighted by Crippen LogP contribution is 2.33. The molecule has 2 rings (SSSR count). The standard InChI is InChI=1S/C17H26N4O3/c1-12-8-13(2)11-20(10-12)15-5-4-14(9-16(15)21(23)24)17(22)19-7-6-18-3/h4-5,9,12-13,18H,6-8,10-11H2,1-3H3,(H,19,22). The van der Waals surface area contributed by atoms with Crippen molar-refractivity contribution in [1.82, 2.24) is 10.6 Å². The minimum absolute atomic E-state index is 0.00225. The highest BCUT2D eigenvalue weighted by atomic mass is 16.6. The Labute approximate surface area is 142 Å². The molecular weight excluding hydrogens is 308 g/mol. The second-order valence-corrected chi connectivity index (χ2v) is 6.67. The van der Waals surface area contributed by atoms with Crippen LogP contribution in [-0.4, -0.2) is 44.1 Å². The second kappa shape index (κ2) is 8.10. The highest BCUT2D eigenvalue weighted by molar-refractivity contribution is 5.95. The van der Waals surface area contributed by atoms with Crippen LogP contribution >= 0.6 is 0 Å². The van der Waals surface area contributed by atoms with Crippen LogP contribution in [0.5, 0.6) is 0 Å². The van der Waals surface area contributed by atoms with Crippen molar-refractivity contribution in [2.45, 2.75) is 20.3 Å². The molecule has 1 saturated heterocycles. The second-order valence-electron chi connectivity index (χ2n) is 6.67. The van der Waals surface area contributed by atoms with Crippen LogP contribution < -0.4 is 15.5 Å². The molecule has 1 heterocycles. The third-order valence-corrected chi connectivity index (χ3v) is 4.30. The topological polar surface area (TPSA) is 87.5 Å². The van der Waals surface area contributed by atoms with Crippen LogP contribution in [0.1, 0.15) is 30.6 Å². The van der Waals surface area contributed by atoms with Crippen LogP contribution in [0, 0.1) is 22.0 Å². The lowest BCUT2D eigenvalue weighted by Gasteiger charge is -2.36. The quantitative estimate of drug-likeness (QED) is 0.472. The fourth-order valence-corrected chi connectivity index (χ4v) is 3.34. The first-order valence-electron chi connectivity index (χ1n) is 8.38. The lowest BCUT2D eigenvalue weighted by Crippen LogP contribution is -2.39. The van der Waals surface area contributed by atoms with Gasteiger partial charge >= 0.3 is 0 Å². The maximum absolute atomic E-state index is 12.1. The van der Waals surface area contributed by atoms with Gasteiger partial charge in [0, 0.05) is 37.8 Å². The largest absolute Gasteiger partial charge is 0.365 e. The summed E-state index contributed by atoms with van der Waals surface area (Å²) in [6.45, 7) is 7.06. The Kier molecular flexibility index (Phi) is 6.14. The number of nitro benzene ring substituents is 1. The van der Waals surface area contributed by atoms with Crippen LogP contribution in [-0.2, 0) is 0 Å². The molecule has 1 amide bonds. The van der Waals surface area contributed by atoms with Gasteiger partial charge in [0.2, 0.25) is 0 Å². The summed E-state index contributed by atoms with van der Waals surface area (Å²) in [5, 5.41) is 17.2. The molecule has 7 nitrogen and oxygen atoms in total. The maximum atomic E-state index is 12.1. The first-order chi connectivity index (χ1) is 11.4. The van der Waals surface area contributed by atoms with E-state index in [0.717, 1.165) is 19.5 Å². The summed E-state index contributed by atoms with van der Waals surface area (Å²) in [6.07, 6.45) is 1.14. The Morgan fingerprint density at radius 1 is 1.29 bits per heavy atom. The minimum atomic E-state index is -0.399. The number of carbonyl (C=O) groups excluding carboxylic acids is 1. The summed E-state index contributed by atoms with van der Waals surface area (Å²) in [7, 11) is 1.80. The van der Waals surface area contributed by atoms with Crippen molar-refractivity contribution in [3.63, 3.8) is 0 Å². The van der Waals surface area contributed by atoms with Gasteiger partial charge in [-0.15, -0.1) is 0 Å². The molecule has 1 fully saturated rings. The smallest absolute Gasteiger partial charge is 0.293 e. The van der Waals surface area contributed by atoms with Gasteiger partial charge in [-0.3, -0.25) is 14.9 Å². The van der Waals surface area contributed by atoms with E-state index in [1.165, 1.54) is 6.07 Å². The third-order valence-electron chi connectivity index (χ3n) is 4.30. The van der Waals surface area contributed by atoms with E-state index < -0.39 is 4.92 Å². The number of nitrogens with one attached hydrogen (secondary N) is 2. The van der Waals surface area contributed by atoms with Gasteiger partial charge in [-0.25, -0.2) is 0 Å². The van der Waals surface area contributed by atoms with Crippen molar-refractivity contribution in [2.24, 2.45) is 11.8 Å². The third kappa shape index (κ3) is 4.44. The predicted octanol–water partition coefficient (Wildman–Crippen LogP) is 2.03. The van der Waals surface area contributed by atoms with Crippen LogP contribution in [0.3, 0.4) is 0 Å². The molecule has 2 atom stereocenters.